The van der Waals surface area contributed by atoms with Crippen LogP contribution in [0.5, 0.6) is 5.75 Å². The first-order valence-electron chi connectivity index (χ1n) is 9.37. The third-order valence-corrected chi connectivity index (χ3v) is 5.01. The van der Waals surface area contributed by atoms with Crippen LogP contribution in [0, 0.1) is 5.92 Å². The molecule has 2 heterocycles. The van der Waals surface area contributed by atoms with Crippen LogP contribution in [0.15, 0.2) is 54.7 Å². The Kier molecular flexibility index (Phi) is 5.09. The second-order valence-corrected chi connectivity index (χ2v) is 7.85. The fourth-order valence-electron chi connectivity index (χ4n) is 3.35. The van der Waals surface area contributed by atoms with Crippen molar-refractivity contribution < 1.29 is 9.53 Å². The van der Waals surface area contributed by atoms with Crippen molar-refractivity contribution in [3.8, 4) is 11.4 Å². The lowest BCUT2D eigenvalue weighted by Crippen LogP contribution is -2.24. The molecular weight excluding hydrogens is 374 g/mol. The molecule has 0 radical (unpaired) electrons. The van der Waals surface area contributed by atoms with E-state index in [0.717, 1.165) is 22.6 Å². The zero-order valence-electron chi connectivity index (χ0n) is 15.9. The van der Waals surface area contributed by atoms with Crippen LogP contribution in [-0.4, -0.2) is 22.3 Å². The minimum Gasteiger partial charge on any atom is -0.493 e. The summed E-state index contributed by atoms with van der Waals surface area (Å²) >= 11 is 5.99. The molecule has 1 aliphatic rings. The van der Waals surface area contributed by atoms with Crippen LogP contribution >= 0.6 is 11.6 Å². The van der Waals surface area contributed by atoms with Crippen molar-refractivity contribution in [1.82, 2.24) is 9.78 Å². The van der Waals surface area contributed by atoms with Crippen LogP contribution in [0.3, 0.4) is 0 Å². The molecule has 0 bridgehead atoms. The number of hydrogen-bond acceptors (Lipinski definition) is 3. The van der Waals surface area contributed by atoms with E-state index in [4.69, 9.17) is 16.3 Å². The van der Waals surface area contributed by atoms with Crippen LogP contribution in [0.1, 0.15) is 37.3 Å². The summed E-state index contributed by atoms with van der Waals surface area (Å²) in [5.41, 5.74) is 2.93. The summed E-state index contributed by atoms with van der Waals surface area (Å²) in [6.07, 6.45) is 2.22. The minimum atomic E-state index is -0.0380. The number of hydrogen-bond donors (Lipinski definition) is 1. The molecule has 0 saturated heterocycles. The molecule has 1 aromatic heterocycles. The number of carbonyl (C=O) groups excluding carboxylic acids is 1. The molecule has 0 saturated carbocycles. The Hall–Kier alpha value is -2.79. The predicted molar refractivity (Wildman–Crippen MR) is 110 cm³/mol. The van der Waals surface area contributed by atoms with Crippen LogP contribution in [-0.2, 0) is 4.79 Å². The van der Waals surface area contributed by atoms with Gasteiger partial charge in [0.2, 0.25) is 5.91 Å². The van der Waals surface area contributed by atoms with Gasteiger partial charge in [0.25, 0.3) is 0 Å². The number of amides is 1. The fraction of sp³-hybridized carbons (Fsp3) is 0.273. The zero-order valence-corrected chi connectivity index (χ0v) is 16.6. The molecule has 0 fully saturated rings. The molecule has 3 aromatic rings. The normalized spacial score (nSPS) is 16.0. The van der Waals surface area contributed by atoms with E-state index in [2.05, 4.69) is 24.3 Å². The smallest absolute Gasteiger partial charge is 0.226 e. The summed E-state index contributed by atoms with van der Waals surface area (Å²) in [5.74, 6) is 1.97. The predicted octanol–water partition coefficient (Wildman–Crippen LogP) is 5.03. The Morgan fingerprint density at radius 3 is 2.57 bits per heavy atom. The van der Waals surface area contributed by atoms with E-state index in [9.17, 15) is 4.79 Å². The van der Waals surface area contributed by atoms with Crippen LogP contribution < -0.4 is 10.1 Å². The number of fused-ring (bicyclic) bond motifs is 1. The topological polar surface area (TPSA) is 56.1 Å². The SMILES string of the molecule is CC(C)COc1ccc([C@@H]2CC(=O)Nc3c2cnn3-c2ccc(Cl)cc2)cc1. The lowest BCUT2D eigenvalue weighted by Gasteiger charge is -2.24. The Balaban J connectivity index is 1.64. The molecular formula is C22H22ClN3O2. The van der Waals surface area contributed by atoms with Crippen molar-refractivity contribution in [2.75, 3.05) is 11.9 Å². The van der Waals surface area contributed by atoms with Gasteiger partial charge in [0.1, 0.15) is 11.6 Å². The van der Waals surface area contributed by atoms with E-state index in [-0.39, 0.29) is 11.8 Å². The highest BCUT2D eigenvalue weighted by Gasteiger charge is 2.30. The Morgan fingerprint density at radius 1 is 1.18 bits per heavy atom. The van der Waals surface area contributed by atoms with Crippen LogP contribution in [0.2, 0.25) is 5.02 Å². The van der Waals surface area contributed by atoms with Gasteiger partial charge in [-0.1, -0.05) is 37.6 Å². The van der Waals surface area contributed by atoms with Gasteiger partial charge in [-0.15, -0.1) is 0 Å². The van der Waals surface area contributed by atoms with Crippen molar-refractivity contribution in [3.05, 3.63) is 70.9 Å². The lowest BCUT2D eigenvalue weighted by molar-refractivity contribution is -0.116. The standard InChI is InChI=1S/C22H22ClN3O2/c1-14(2)13-28-18-9-3-15(4-10-18)19-11-21(27)25-22-20(19)12-24-26(22)17-7-5-16(23)6-8-17/h3-10,12,14,19H,11,13H2,1-2H3,(H,25,27)/t19-/m0/s1. The number of rotatable bonds is 5. The van der Waals surface area contributed by atoms with E-state index in [1.54, 1.807) is 4.68 Å². The summed E-state index contributed by atoms with van der Waals surface area (Å²) in [6, 6.07) is 15.4. The second-order valence-electron chi connectivity index (χ2n) is 7.42. The maximum absolute atomic E-state index is 12.4. The summed E-state index contributed by atoms with van der Waals surface area (Å²) < 4.78 is 7.51. The van der Waals surface area contributed by atoms with Crippen molar-refractivity contribution in [2.24, 2.45) is 5.92 Å². The summed E-state index contributed by atoms with van der Waals surface area (Å²) in [5, 5.41) is 8.14. The Bertz CT molecular complexity index is 978. The number of nitrogens with zero attached hydrogens (tertiary/aromatic N) is 2. The average molecular weight is 396 g/mol. The molecule has 0 unspecified atom stereocenters. The molecule has 2 aromatic carbocycles. The molecule has 1 aliphatic heterocycles. The van der Waals surface area contributed by atoms with Gasteiger partial charge in [-0.05, 0) is 47.9 Å². The first-order valence-corrected chi connectivity index (χ1v) is 9.75. The number of benzene rings is 2. The van der Waals surface area contributed by atoms with E-state index in [1.165, 1.54) is 0 Å². The van der Waals surface area contributed by atoms with Gasteiger partial charge in [-0.3, -0.25) is 4.79 Å². The molecule has 6 heteroatoms. The van der Waals surface area contributed by atoms with Crippen molar-refractivity contribution >= 4 is 23.3 Å². The molecule has 1 N–H and O–H groups in total. The maximum atomic E-state index is 12.4. The second kappa shape index (κ2) is 7.68. The van der Waals surface area contributed by atoms with E-state index >= 15 is 0 Å². The molecule has 0 aliphatic carbocycles. The number of nitrogens with one attached hydrogen (secondary N) is 1. The highest BCUT2D eigenvalue weighted by Crippen LogP contribution is 2.38. The van der Waals surface area contributed by atoms with Gasteiger partial charge in [0.15, 0.2) is 0 Å². The number of anilines is 1. The summed E-state index contributed by atoms with van der Waals surface area (Å²) in [4.78, 5) is 12.4. The molecule has 1 amide bonds. The van der Waals surface area contributed by atoms with Crippen molar-refractivity contribution in [2.45, 2.75) is 26.2 Å². The number of halogens is 1. The van der Waals surface area contributed by atoms with Gasteiger partial charge < -0.3 is 10.1 Å². The first kappa shape index (κ1) is 18.6. The molecule has 144 valence electrons. The van der Waals surface area contributed by atoms with Crippen molar-refractivity contribution in [3.63, 3.8) is 0 Å². The molecule has 0 spiro atoms. The average Bonchev–Trinajstić information content (AvgIpc) is 3.10. The third-order valence-electron chi connectivity index (χ3n) is 4.76. The first-order chi connectivity index (χ1) is 13.5. The van der Waals surface area contributed by atoms with Gasteiger partial charge in [-0.2, -0.15) is 5.10 Å². The number of carbonyl (C=O) groups is 1. The van der Waals surface area contributed by atoms with Gasteiger partial charge in [0, 0.05) is 22.9 Å². The van der Waals surface area contributed by atoms with Crippen molar-refractivity contribution in [1.29, 1.82) is 0 Å². The maximum Gasteiger partial charge on any atom is 0.226 e. The molecule has 28 heavy (non-hydrogen) atoms. The van der Waals surface area contributed by atoms with E-state index in [1.807, 2.05) is 54.7 Å². The number of ether oxygens (including phenoxy) is 1. The Labute approximate surface area is 169 Å². The van der Waals surface area contributed by atoms with Gasteiger partial charge in [0.05, 0.1) is 18.5 Å². The van der Waals surface area contributed by atoms with Crippen LogP contribution in [0.25, 0.3) is 5.69 Å². The monoisotopic (exact) mass is 395 g/mol. The lowest BCUT2D eigenvalue weighted by atomic mass is 9.87. The highest BCUT2D eigenvalue weighted by atomic mass is 35.5. The van der Waals surface area contributed by atoms with E-state index < -0.39 is 0 Å². The quantitative estimate of drug-likeness (QED) is 0.658. The van der Waals surface area contributed by atoms with Gasteiger partial charge >= 0.3 is 0 Å². The van der Waals surface area contributed by atoms with Crippen LogP contribution in [0.4, 0.5) is 5.82 Å². The third kappa shape index (κ3) is 3.76. The van der Waals surface area contributed by atoms with E-state index in [0.29, 0.717) is 29.8 Å². The van der Waals surface area contributed by atoms with Gasteiger partial charge in [-0.25, -0.2) is 4.68 Å². The fourth-order valence-corrected chi connectivity index (χ4v) is 3.48. The summed E-state index contributed by atoms with van der Waals surface area (Å²) in [6.45, 7) is 4.92. The molecule has 1 atom stereocenters. The highest BCUT2D eigenvalue weighted by molar-refractivity contribution is 6.30. The largest absolute Gasteiger partial charge is 0.493 e. The minimum absolute atomic E-state index is 0.0200. The Morgan fingerprint density at radius 2 is 1.89 bits per heavy atom. The number of aromatic nitrogens is 2. The zero-order chi connectivity index (χ0) is 19.7. The molecule has 5 nitrogen and oxygen atoms in total. The molecule has 4 rings (SSSR count). The summed E-state index contributed by atoms with van der Waals surface area (Å²) in [7, 11) is 0.